The van der Waals surface area contributed by atoms with E-state index >= 15 is 0 Å². The number of nitrogens with zero attached hydrogens (tertiary/aromatic N) is 2. The Bertz CT molecular complexity index is 114. The van der Waals surface area contributed by atoms with Crippen molar-refractivity contribution in [2.75, 3.05) is 0 Å². The van der Waals surface area contributed by atoms with E-state index in [0.29, 0.717) is 0 Å². The van der Waals surface area contributed by atoms with Crippen molar-refractivity contribution in [3.8, 4) is 6.07 Å². The maximum Gasteiger partial charge on any atom is 0.180 e. The Balaban J connectivity index is 3.74. The van der Waals surface area contributed by atoms with Gasteiger partial charge >= 0.3 is 0 Å². The molecule has 0 bridgehead atoms. The quantitative estimate of drug-likeness (QED) is 0.505. The van der Waals surface area contributed by atoms with Crippen LogP contribution in [0.5, 0.6) is 0 Å². The third-order valence-corrected chi connectivity index (χ3v) is 0.877. The highest BCUT2D eigenvalue weighted by Crippen LogP contribution is 2.02. The van der Waals surface area contributed by atoms with Gasteiger partial charge in [-0.05, 0) is 5.92 Å². The van der Waals surface area contributed by atoms with Crippen molar-refractivity contribution in [3.63, 3.8) is 0 Å². The zero-order valence-corrected chi connectivity index (χ0v) is 4.96. The molecule has 0 aliphatic rings. The fourth-order valence-corrected chi connectivity index (χ4v) is 0.294. The lowest BCUT2D eigenvalue weighted by Gasteiger charge is -1.99. The topological polar surface area (TPSA) is 53.2 Å². The summed E-state index contributed by atoms with van der Waals surface area (Å²) in [7, 11) is 0. The average Bonchev–Trinajstić information content (AvgIpc) is 1.69. The molecule has 0 rings (SSSR count). The van der Waals surface area contributed by atoms with Crippen LogP contribution in [-0.2, 0) is 0 Å². The summed E-state index contributed by atoms with van der Waals surface area (Å²) in [5.74, 6) is 0.0394. The third kappa shape index (κ3) is 1.69. The smallest absolute Gasteiger partial charge is 0.180 e. The molecule has 44 valence electrons. The summed E-state index contributed by atoms with van der Waals surface area (Å²) in [4.78, 5) is 9.71. The molecule has 0 aliphatic carbocycles. The van der Waals surface area contributed by atoms with Crippen LogP contribution in [0.15, 0.2) is 5.18 Å². The first-order valence-corrected chi connectivity index (χ1v) is 2.44. The van der Waals surface area contributed by atoms with E-state index in [0.717, 1.165) is 0 Å². The van der Waals surface area contributed by atoms with Crippen molar-refractivity contribution in [1.82, 2.24) is 0 Å². The summed E-state index contributed by atoms with van der Waals surface area (Å²) in [6.45, 7) is 3.57. The van der Waals surface area contributed by atoms with Gasteiger partial charge in [-0.2, -0.15) is 5.26 Å². The first kappa shape index (κ1) is 7.09. The molecule has 0 amide bonds. The van der Waals surface area contributed by atoms with Gasteiger partial charge in [-0.25, -0.2) is 0 Å². The molecule has 0 saturated carbocycles. The predicted octanol–water partition coefficient (Wildman–Crippen LogP) is 1.30. The molecule has 3 nitrogen and oxygen atoms in total. The Labute approximate surface area is 48.3 Å². The Morgan fingerprint density at radius 1 is 1.62 bits per heavy atom. The van der Waals surface area contributed by atoms with E-state index in [9.17, 15) is 4.91 Å². The van der Waals surface area contributed by atoms with Crippen LogP contribution in [0.3, 0.4) is 0 Å². The minimum absolute atomic E-state index is 0.0394. The summed E-state index contributed by atoms with van der Waals surface area (Å²) < 4.78 is 0. The number of hydrogen-bond acceptors (Lipinski definition) is 3. The van der Waals surface area contributed by atoms with Crippen molar-refractivity contribution >= 4 is 0 Å². The molecule has 0 N–H and O–H groups in total. The van der Waals surface area contributed by atoms with Gasteiger partial charge in [0.25, 0.3) is 0 Å². The summed E-state index contributed by atoms with van der Waals surface area (Å²) in [5.41, 5.74) is 0. The summed E-state index contributed by atoms with van der Waals surface area (Å²) in [6.07, 6.45) is 0. The molecule has 0 aromatic rings. The van der Waals surface area contributed by atoms with Crippen LogP contribution in [0, 0.1) is 22.2 Å². The summed E-state index contributed by atoms with van der Waals surface area (Å²) in [5, 5.41) is 10.7. The molecule has 1 unspecified atom stereocenters. The molecule has 0 heterocycles. The molecule has 0 aromatic carbocycles. The SMILES string of the molecule is CC(C)C(C#N)N=O. The van der Waals surface area contributed by atoms with Gasteiger partial charge in [0.15, 0.2) is 6.04 Å². The van der Waals surface area contributed by atoms with Gasteiger partial charge < -0.3 is 0 Å². The maximum absolute atomic E-state index is 9.71. The number of nitroso groups, excluding NO2 is 1. The molecular formula is C5H8N2O. The molecule has 0 aliphatic heterocycles. The van der Waals surface area contributed by atoms with Gasteiger partial charge in [-0.1, -0.05) is 19.0 Å². The van der Waals surface area contributed by atoms with E-state index in [1.165, 1.54) is 0 Å². The van der Waals surface area contributed by atoms with Gasteiger partial charge in [-0.15, -0.1) is 4.91 Å². The van der Waals surface area contributed by atoms with Crippen LogP contribution in [0.25, 0.3) is 0 Å². The molecule has 0 radical (unpaired) electrons. The van der Waals surface area contributed by atoms with E-state index < -0.39 is 6.04 Å². The second kappa shape index (κ2) is 3.14. The lowest BCUT2D eigenvalue weighted by atomic mass is 10.1. The number of nitriles is 1. The van der Waals surface area contributed by atoms with E-state index in [2.05, 4.69) is 5.18 Å². The fourth-order valence-electron chi connectivity index (χ4n) is 0.294. The van der Waals surface area contributed by atoms with E-state index in [1.807, 2.05) is 0 Å². The van der Waals surface area contributed by atoms with Crippen LogP contribution < -0.4 is 0 Å². The van der Waals surface area contributed by atoms with Gasteiger partial charge in [0.2, 0.25) is 0 Å². The molecule has 0 spiro atoms. The zero-order valence-electron chi connectivity index (χ0n) is 4.96. The van der Waals surface area contributed by atoms with Crippen molar-refractivity contribution in [2.24, 2.45) is 11.1 Å². The lowest BCUT2D eigenvalue weighted by Crippen LogP contribution is -2.07. The van der Waals surface area contributed by atoms with E-state index in [4.69, 9.17) is 5.26 Å². The number of hydrogen-bond donors (Lipinski definition) is 0. The predicted molar refractivity (Wildman–Crippen MR) is 30.0 cm³/mol. The number of rotatable bonds is 2. The largest absolute Gasteiger partial charge is 0.196 e. The van der Waals surface area contributed by atoms with Gasteiger partial charge in [-0.3, -0.25) is 0 Å². The van der Waals surface area contributed by atoms with Crippen LogP contribution in [0.1, 0.15) is 13.8 Å². The summed E-state index contributed by atoms with van der Waals surface area (Å²) >= 11 is 0. The lowest BCUT2D eigenvalue weighted by molar-refractivity contribution is 0.578. The normalized spacial score (nSPS) is 12.8. The molecule has 3 heteroatoms. The monoisotopic (exact) mass is 112 g/mol. The molecular weight excluding hydrogens is 104 g/mol. The summed E-state index contributed by atoms with van der Waals surface area (Å²) in [6, 6.07) is 1.10. The van der Waals surface area contributed by atoms with Gasteiger partial charge in [0, 0.05) is 0 Å². The van der Waals surface area contributed by atoms with Crippen molar-refractivity contribution in [1.29, 1.82) is 5.26 Å². The van der Waals surface area contributed by atoms with Crippen molar-refractivity contribution in [3.05, 3.63) is 4.91 Å². The first-order chi connectivity index (χ1) is 3.72. The standard InChI is InChI=1S/C5H8N2O/c1-4(2)5(3-6)7-8/h4-5H,1-2H3. The molecule has 0 aromatic heterocycles. The van der Waals surface area contributed by atoms with Gasteiger partial charge in [0.05, 0.1) is 6.07 Å². The molecule has 0 fully saturated rings. The Hall–Kier alpha value is -0.910. The Morgan fingerprint density at radius 3 is 2.12 bits per heavy atom. The van der Waals surface area contributed by atoms with Crippen LogP contribution >= 0.6 is 0 Å². The first-order valence-electron chi connectivity index (χ1n) is 2.44. The van der Waals surface area contributed by atoms with Crippen LogP contribution in [0.4, 0.5) is 0 Å². The highest BCUT2D eigenvalue weighted by molar-refractivity contribution is 4.91. The van der Waals surface area contributed by atoms with Crippen LogP contribution in [-0.4, -0.2) is 6.04 Å². The minimum atomic E-state index is -0.671. The van der Waals surface area contributed by atoms with Crippen molar-refractivity contribution in [2.45, 2.75) is 19.9 Å². The highest BCUT2D eigenvalue weighted by Gasteiger charge is 2.10. The maximum atomic E-state index is 9.71. The highest BCUT2D eigenvalue weighted by atomic mass is 16.3. The third-order valence-electron chi connectivity index (χ3n) is 0.877. The minimum Gasteiger partial charge on any atom is -0.196 e. The second-order valence-corrected chi connectivity index (χ2v) is 1.92. The Kier molecular flexibility index (Phi) is 2.78. The fraction of sp³-hybridized carbons (Fsp3) is 0.800. The Morgan fingerprint density at radius 2 is 2.12 bits per heavy atom. The zero-order chi connectivity index (χ0) is 6.57. The van der Waals surface area contributed by atoms with Crippen molar-refractivity contribution < 1.29 is 0 Å². The average molecular weight is 112 g/mol. The van der Waals surface area contributed by atoms with Gasteiger partial charge in [0.1, 0.15) is 0 Å². The van der Waals surface area contributed by atoms with Crippen LogP contribution in [0.2, 0.25) is 0 Å². The van der Waals surface area contributed by atoms with E-state index in [-0.39, 0.29) is 5.92 Å². The molecule has 0 saturated heterocycles. The van der Waals surface area contributed by atoms with E-state index in [1.54, 1.807) is 19.9 Å². The molecule has 1 atom stereocenters. The second-order valence-electron chi connectivity index (χ2n) is 1.92. The molecule has 8 heavy (non-hydrogen) atoms.